The SMILES string of the molecule is Cc1ccc(C(=O)N2CCCC(C(=O)NCC(C)(O)C(C)C)C2)cc1. The van der Waals surface area contributed by atoms with Crippen LogP contribution in [-0.4, -0.2) is 47.1 Å². The zero-order valence-corrected chi connectivity index (χ0v) is 15.7. The Balaban J connectivity index is 1.94. The van der Waals surface area contributed by atoms with Gasteiger partial charge >= 0.3 is 0 Å². The van der Waals surface area contributed by atoms with Crippen molar-refractivity contribution in [2.45, 2.75) is 46.1 Å². The number of nitrogens with zero attached hydrogens (tertiary/aromatic N) is 1. The van der Waals surface area contributed by atoms with Crippen molar-refractivity contribution in [3.05, 3.63) is 35.4 Å². The highest BCUT2D eigenvalue weighted by Gasteiger charge is 2.31. The third kappa shape index (κ3) is 5.05. The van der Waals surface area contributed by atoms with Gasteiger partial charge in [0.2, 0.25) is 5.91 Å². The molecule has 1 fully saturated rings. The molecule has 0 aliphatic carbocycles. The molecule has 1 aromatic rings. The minimum atomic E-state index is -0.929. The summed E-state index contributed by atoms with van der Waals surface area (Å²) in [5.41, 5.74) is 0.848. The van der Waals surface area contributed by atoms with Gasteiger partial charge in [0.25, 0.3) is 5.91 Å². The molecule has 0 bridgehead atoms. The van der Waals surface area contributed by atoms with Crippen LogP contribution < -0.4 is 5.32 Å². The van der Waals surface area contributed by atoms with Crippen LogP contribution in [0, 0.1) is 18.8 Å². The van der Waals surface area contributed by atoms with Gasteiger partial charge in [-0.3, -0.25) is 9.59 Å². The molecule has 2 N–H and O–H groups in total. The van der Waals surface area contributed by atoms with Crippen LogP contribution >= 0.6 is 0 Å². The standard InChI is InChI=1S/C20H30N2O3/c1-14(2)20(4,25)13-21-18(23)17-6-5-11-22(12-17)19(24)16-9-7-15(3)8-10-16/h7-10,14,17,25H,5-6,11-13H2,1-4H3,(H,21,23). The Morgan fingerprint density at radius 2 is 1.96 bits per heavy atom. The average Bonchev–Trinajstić information content (AvgIpc) is 2.59. The van der Waals surface area contributed by atoms with Crippen molar-refractivity contribution in [1.29, 1.82) is 0 Å². The molecular weight excluding hydrogens is 316 g/mol. The van der Waals surface area contributed by atoms with Crippen molar-refractivity contribution in [1.82, 2.24) is 10.2 Å². The zero-order valence-electron chi connectivity index (χ0n) is 15.7. The minimum absolute atomic E-state index is 0.0216. The Bertz CT molecular complexity index is 608. The van der Waals surface area contributed by atoms with Gasteiger partial charge in [-0.15, -0.1) is 0 Å². The van der Waals surface area contributed by atoms with Crippen molar-refractivity contribution in [2.24, 2.45) is 11.8 Å². The van der Waals surface area contributed by atoms with Crippen LogP contribution in [-0.2, 0) is 4.79 Å². The quantitative estimate of drug-likeness (QED) is 0.860. The number of amides is 2. The number of aliphatic hydroxyl groups is 1. The van der Waals surface area contributed by atoms with Gasteiger partial charge in [-0.2, -0.15) is 0 Å². The number of benzene rings is 1. The van der Waals surface area contributed by atoms with E-state index in [4.69, 9.17) is 0 Å². The van der Waals surface area contributed by atoms with Crippen molar-refractivity contribution in [3.8, 4) is 0 Å². The van der Waals surface area contributed by atoms with E-state index in [9.17, 15) is 14.7 Å². The minimum Gasteiger partial charge on any atom is -0.388 e. The second-order valence-corrected chi connectivity index (χ2v) is 7.69. The molecule has 0 aromatic heterocycles. The molecular formula is C20H30N2O3. The highest BCUT2D eigenvalue weighted by molar-refractivity contribution is 5.94. The first-order valence-electron chi connectivity index (χ1n) is 9.06. The summed E-state index contributed by atoms with van der Waals surface area (Å²) in [4.78, 5) is 26.9. The third-order valence-corrected chi connectivity index (χ3v) is 5.24. The summed E-state index contributed by atoms with van der Waals surface area (Å²) in [6, 6.07) is 7.52. The molecule has 0 saturated carbocycles. The van der Waals surface area contributed by atoms with Crippen molar-refractivity contribution >= 4 is 11.8 Å². The molecule has 2 amide bonds. The number of likely N-dealkylation sites (tertiary alicyclic amines) is 1. The maximum Gasteiger partial charge on any atom is 0.253 e. The van der Waals surface area contributed by atoms with Gasteiger partial charge in [0.1, 0.15) is 0 Å². The lowest BCUT2D eigenvalue weighted by molar-refractivity contribution is -0.127. The molecule has 2 rings (SSSR count). The molecule has 5 nitrogen and oxygen atoms in total. The number of piperidine rings is 1. The largest absolute Gasteiger partial charge is 0.388 e. The van der Waals surface area contributed by atoms with Crippen LogP contribution in [0.4, 0.5) is 0 Å². The van der Waals surface area contributed by atoms with Crippen LogP contribution in [0.25, 0.3) is 0 Å². The topological polar surface area (TPSA) is 69.6 Å². The number of nitrogens with one attached hydrogen (secondary N) is 1. The molecule has 1 saturated heterocycles. The highest BCUT2D eigenvalue weighted by atomic mass is 16.3. The van der Waals surface area contributed by atoms with Gasteiger partial charge in [-0.25, -0.2) is 0 Å². The number of carbonyl (C=O) groups excluding carboxylic acids is 2. The molecule has 25 heavy (non-hydrogen) atoms. The van der Waals surface area contributed by atoms with Crippen molar-refractivity contribution in [2.75, 3.05) is 19.6 Å². The average molecular weight is 346 g/mol. The second-order valence-electron chi connectivity index (χ2n) is 7.69. The molecule has 1 aliphatic rings. The van der Waals surface area contributed by atoms with E-state index in [0.717, 1.165) is 18.4 Å². The highest BCUT2D eigenvalue weighted by Crippen LogP contribution is 2.20. The van der Waals surface area contributed by atoms with E-state index >= 15 is 0 Å². The molecule has 1 heterocycles. The maximum atomic E-state index is 12.6. The van der Waals surface area contributed by atoms with Crippen molar-refractivity contribution in [3.63, 3.8) is 0 Å². The fourth-order valence-corrected chi connectivity index (χ4v) is 2.87. The van der Waals surface area contributed by atoms with Gasteiger partial charge in [0.15, 0.2) is 0 Å². The van der Waals surface area contributed by atoms with E-state index in [-0.39, 0.29) is 30.2 Å². The Morgan fingerprint density at radius 1 is 1.32 bits per heavy atom. The number of carbonyl (C=O) groups is 2. The van der Waals surface area contributed by atoms with Gasteiger partial charge in [0, 0.05) is 25.2 Å². The predicted octanol–water partition coefficient (Wildman–Crippen LogP) is 2.37. The third-order valence-electron chi connectivity index (χ3n) is 5.24. The van der Waals surface area contributed by atoms with E-state index in [1.54, 1.807) is 11.8 Å². The molecule has 1 aromatic carbocycles. The number of hydrogen-bond donors (Lipinski definition) is 2. The van der Waals surface area contributed by atoms with Gasteiger partial charge in [0.05, 0.1) is 11.5 Å². The Hall–Kier alpha value is -1.88. The molecule has 0 spiro atoms. The zero-order chi connectivity index (χ0) is 18.6. The fourth-order valence-electron chi connectivity index (χ4n) is 2.87. The smallest absolute Gasteiger partial charge is 0.253 e. The number of rotatable bonds is 5. The summed E-state index contributed by atoms with van der Waals surface area (Å²) in [6.45, 7) is 8.91. The van der Waals surface area contributed by atoms with Crippen LogP contribution in [0.1, 0.15) is 49.5 Å². The van der Waals surface area contributed by atoms with Gasteiger partial charge in [-0.1, -0.05) is 31.5 Å². The van der Waals surface area contributed by atoms with E-state index < -0.39 is 5.60 Å². The molecule has 5 heteroatoms. The summed E-state index contributed by atoms with van der Waals surface area (Å²) in [5.74, 6) is -0.265. The Labute approximate surface area is 150 Å². The lowest BCUT2D eigenvalue weighted by Gasteiger charge is -2.33. The van der Waals surface area contributed by atoms with E-state index in [0.29, 0.717) is 18.7 Å². The van der Waals surface area contributed by atoms with E-state index in [2.05, 4.69) is 5.32 Å². The summed E-state index contributed by atoms with van der Waals surface area (Å²) in [7, 11) is 0. The first kappa shape index (κ1) is 19.4. The molecule has 138 valence electrons. The second kappa shape index (κ2) is 8.00. The van der Waals surface area contributed by atoms with Crippen LogP contribution in [0.2, 0.25) is 0 Å². The molecule has 2 atom stereocenters. The van der Waals surface area contributed by atoms with E-state index in [1.807, 2.05) is 45.0 Å². The van der Waals surface area contributed by atoms with Crippen LogP contribution in [0.3, 0.4) is 0 Å². The lowest BCUT2D eigenvalue weighted by Crippen LogP contribution is -2.49. The van der Waals surface area contributed by atoms with Crippen LogP contribution in [0.5, 0.6) is 0 Å². The molecule has 0 radical (unpaired) electrons. The normalized spacial score (nSPS) is 20.2. The lowest BCUT2D eigenvalue weighted by atomic mass is 9.91. The summed E-state index contributed by atoms with van der Waals surface area (Å²) in [6.07, 6.45) is 1.59. The predicted molar refractivity (Wildman–Crippen MR) is 98.3 cm³/mol. The van der Waals surface area contributed by atoms with Crippen LogP contribution in [0.15, 0.2) is 24.3 Å². The maximum absolute atomic E-state index is 12.6. The number of hydrogen-bond acceptors (Lipinski definition) is 3. The first-order chi connectivity index (χ1) is 11.7. The summed E-state index contributed by atoms with van der Waals surface area (Å²) in [5, 5.41) is 13.1. The van der Waals surface area contributed by atoms with Gasteiger partial charge in [-0.05, 0) is 44.7 Å². The van der Waals surface area contributed by atoms with Gasteiger partial charge < -0.3 is 15.3 Å². The van der Waals surface area contributed by atoms with E-state index in [1.165, 1.54) is 0 Å². The van der Waals surface area contributed by atoms with Crippen molar-refractivity contribution < 1.29 is 14.7 Å². The Morgan fingerprint density at radius 3 is 2.56 bits per heavy atom. The monoisotopic (exact) mass is 346 g/mol. The first-order valence-corrected chi connectivity index (χ1v) is 9.06. The molecule has 1 aliphatic heterocycles. The number of aryl methyl sites for hydroxylation is 1. The fraction of sp³-hybridized carbons (Fsp3) is 0.600. The molecule has 2 unspecified atom stereocenters. The Kier molecular flexibility index (Phi) is 6.22. The summed E-state index contributed by atoms with van der Waals surface area (Å²) < 4.78 is 0. The summed E-state index contributed by atoms with van der Waals surface area (Å²) >= 11 is 0.